The Morgan fingerprint density at radius 2 is 2.24 bits per heavy atom. The van der Waals surface area contributed by atoms with E-state index in [1.807, 2.05) is 0 Å². The molecule has 0 spiro atoms. The largest absolute Gasteiger partial charge is 0.479 e. The van der Waals surface area contributed by atoms with Gasteiger partial charge in [-0.05, 0) is 12.1 Å². The van der Waals surface area contributed by atoms with Crippen LogP contribution in [0, 0.1) is 21.4 Å². The van der Waals surface area contributed by atoms with Crippen molar-refractivity contribution in [1.29, 1.82) is 6.69 Å². The fraction of sp³-hybridized carbons (Fsp3) is 0.111. The summed E-state index contributed by atoms with van der Waals surface area (Å²) in [5, 5.41) is 29.4. The van der Waals surface area contributed by atoms with Crippen LogP contribution in [0.15, 0.2) is 34.5 Å². The summed E-state index contributed by atoms with van der Waals surface area (Å²) in [6.07, 6.45) is 0. The highest BCUT2D eigenvalue weighted by molar-refractivity contribution is 5.76. The van der Waals surface area contributed by atoms with Gasteiger partial charge in [0.1, 0.15) is 6.07 Å². The minimum Gasteiger partial charge on any atom is -0.479 e. The summed E-state index contributed by atoms with van der Waals surface area (Å²) >= 11 is 0. The van der Waals surface area contributed by atoms with E-state index in [-0.39, 0.29) is 11.4 Å². The number of non-ortho nitro benzene ring substituents is 1. The number of hydrogen-bond acceptors (Lipinski definition) is 7. The van der Waals surface area contributed by atoms with E-state index in [1.165, 1.54) is 30.3 Å². The predicted molar refractivity (Wildman–Crippen MR) is 54.6 cm³/mol. The number of nitro groups is 1. The summed E-state index contributed by atoms with van der Waals surface area (Å²) < 4.78 is 6.32. The van der Waals surface area contributed by atoms with Crippen molar-refractivity contribution in [3.05, 3.63) is 34.4 Å². The molecule has 1 N–H and O–H groups in total. The van der Waals surface area contributed by atoms with Gasteiger partial charge in [-0.1, -0.05) is 0 Å². The molecule has 0 radical (unpaired) electrons. The van der Waals surface area contributed by atoms with Crippen LogP contribution in [-0.4, -0.2) is 22.0 Å². The molecule has 0 fully saturated rings. The number of carbonyl (C=O) groups is 1. The molecule has 0 aromatic heterocycles. The standard InChI is InChI=1S/C9H6N4O4/c10-5-8(9(14)15)12-11-6-1-3-7(4-2-6)13(16)17/h1-4,8H,(H,14,15)/i/hD. The Kier molecular flexibility index (Phi) is 3.34. The van der Waals surface area contributed by atoms with E-state index in [1.54, 1.807) is 0 Å². The average Bonchev–Trinajstić information content (AvgIpc) is 2.39. The van der Waals surface area contributed by atoms with Crippen molar-refractivity contribution in [3.63, 3.8) is 0 Å². The molecule has 1 aromatic rings. The highest BCUT2D eigenvalue weighted by Crippen LogP contribution is 2.18. The molecule has 0 bridgehead atoms. The fourth-order valence-corrected chi connectivity index (χ4v) is 0.891. The summed E-state index contributed by atoms with van der Waals surface area (Å²) in [4.78, 5) is 20.6. The molecule has 0 saturated heterocycles. The first-order valence-electron chi connectivity index (χ1n) is 4.71. The molecule has 8 nitrogen and oxygen atoms in total. The molecule has 0 saturated carbocycles. The second kappa shape index (κ2) is 5.32. The molecule has 0 aliphatic heterocycles. The molecule has 0 amide bonds. The second-order valence-corrected chi connectivity index (χ2v) is 2.84. The summed E-state index contributed by atoms with van der Waals surface area (Å²) in [5.74, 6) is -1.15. The van der Waals surface area contributed by atoms with Crippen molar-refractivity contribution < 1.29 is 14.8 Å². The number of nitriles is 1. The van der Waals surface area contributed by atoms with Gasteiger partial charge in [0.2, 0.25) is 0 Å². The molecule has 0 aliphatic carbocycles. The van der Waals surface area contributed by atoms with Crippen LogP contribution in [0.2, 0.25) is 0 Å². The van der Waals surface area contributed by atoms with Crippen LogP contribution in [0.1, 0.15) is 0 Å². The van der Waals surface area contributed by atoms with E-state index >= 15 is 0 Å². The summed E-state index contributed by atoms with van der Waals surface area (Å²) in [6, 6.07) is 4.99. The Labute approximate surface area is 96.5 Å². The third-order valence-electron chi connectivity index (χ3n) is 1.69. The Balaban J connectivity index is 2.81. The lowest BCUT2D eigenvalue weighted by Gasteiger charge is -1.95. The van der Waals surface area contributed by atoms with Crippen molar-refractivity contribution in [2.75, 3.05) is 0 Å². The molecular weight excluding hydrogens is 228 g/mol. The Morgan fingerprint density at radius 1 is 1.59 bits per heavy atom. The van der Waals surface area contributed by atoms with Crippen molar-refractivity contribution in [2.24, 2.45) is 10.2 Å². The maximum absolute atomic E-state index is 10.8. The van der Waals surface area contributed by atoms with Gasteiger partial charge in [-0.15, -0.1) is 0 Å². The number of nitrogens with zero attached hydrogens (tertiary/aromatic N) is 4. The number of azo groups is 1. The lowest BCUT2D eigenvalue weighted by molar-refractivity contribution is -0.384. The Hall–Kier alpha value is -2.82. The number of hydrogen-bond donors (Lipinski definition) is 1. The van der Waals surface area contributed by atoms with E-state index in [0.717, 1.165) is 0 Å². The number of carboxylic acids is 1. The number of carboxylic acid groups (broad SMARTS) is 1. The lowest BCUT2D eigenvalue weighted by Crippen LogP contribution is -2.14. The molecular formula is C9H6N4O4. The minimum absolute atomic E-state index is 0.114. The van der Waals surface area contributed by atoms with Gasteiger partial charge in [-0.2, -0.15) is 15.5 Å². The van der Waals surface area contributed by atoms with Gasteiger partial charge in [0.15, 0.2) is 0 Å². The number of rotatable bonds is 4. The predicted octanol–water partition coefficient (Wildman–Crippen LogP) is 1.66. The Bertz CT molecular complexity index is 522. The maximum atomic E-state index is 10.8. The molecule has 1 unspecified atom stereocenters. The van der Waals surface area contributed by atoms with E-state index < -0.39 is 16.9 Å². The third kappa shape index (κ3) is 3.35. The highest BCUT2D eigenvalue weighted by Gasteiger charge is 2.14. The van der Waals surface area contributed by atoms with Crippen LogP contribution in [0.25, 0.3) is 1.43 Å². The van der Waals surface area contributed by atoms with Gasteiger partial charge in [0.05, 0.1) is 10.6 Å². The molecule has 1 aromatic carbocycles. The van der Waals surface area contributed by atoms with E-state index in [9.17, 15) is 14.9 Å². The van der Waals surface area contributed by atoms with Crippen LogP contribution < -0.4 is 0 Å². The van der Waals surface area contributed by atoms with Gasteiger partial charge >= 0.3 is 5.97 Å². The smallest absolute Gasteiger partial charge is 0.345 e. The summed E-state index contributed by atoms with van der Waals surface area (Å²) in [7, 11) is 0. The quantitative estimate of drug-likeness (QED) is 0.481. The van der Waals surface area contributed by atoms with Crippen LogP contribution in [-0.2, 0) is 4.79 Å². The number of nitro benzene ring substituents is 1. The first-order valence-corrected chi connectivity index (χ1v) is 4.30. The van der Waals surface area contributed by atoms with Crippen molar-refractivity contribution >= 4 is 17.3 Å². The highest BCUT2D eigenvalue weighted by atomic mass is 16.6. The average molecular weight is 235 g/mol. The molecule has 17 heavy (non-hydrogen) atoms. The zero-order valence-electron chi connectivity index (χ0n) is 9.31. The third-order valence-corrected chi connectivity index (χ3v) is 1.69. The second-order valence-electron chi connectivity index (χ2n) is 2.84. The summed E-state index contributed by atoms with van der Waals surface area (Å²) in [6.45, 7) is 0. The fourth-order valence-electron chi connectivity index (χ4n) is 0.891. The van der Waals surface area contributed by atoms with Gasteiger partial charge in [-0.3, -0.25) is 10.1 Å². The van der Waals surface area contributed by atoms with Gasteiger partial charge < -0.3 is 5.11 Å². The number of aliphatic carboxylic acids is 1. The van der Waals surface area contributed by atoms with E-state index in [4.69, 9.17) is 6.69 Å². The zero-order chi connectivity index (χ0) is 13.5. The zero-order valence-corrected chi connectivity index (χ0v) is 8.31. The van der Waals surface area contributed by atoms with E-state index in [0.29, 0.717) is 0 Å². The Morgan fingerprint density at radius 3 is 2.71 bits per heavy atom. The van der Waals surface area contributed by atoms with Crippen molar-refractivity contribution in [2.45, 2.75) is 6.04 Å². The van der Waals surface area contributed by atoms with Gasteiger partial charge in [0, 0.05) is 12.1 Å². The van der Waals surface area contributed by atoms with Crippen LogP contribution >= 0.6 is 0 Å². The first-order chi connectivity index (χ1) is 8.58. The van der Waals surface area contributed by atoms with Gasteiger partial charge in [-0.25, -0.2) is 4.79 Å². The molecule has 86 valence electrons. The normalized spacial score (nSPS) is 12.5. The molecule has 0 aliphatic rings. The topological polar surface area (TPSA) is 129 Å². The van der Waals surface area contributed by atoms with E-state index in [2.05, 4.69) is 15.3 Å². The van der Waals surface area contributed by atoms with Crippen LogP contribution in [0.3, 0.4) is 0 Å². The van der Waals surface area contributed by atoms with Crippen LogP contribution in [0.5, 0.6) is 0 Å². The lowest BCUT2D eigenvalue weighted by atomic mass is 10.3. The molecule has 1 rings (SSSR count). The first kappa shape index (κ1) is 10.7. The van der Waals surface area contributed by atoms with Crippen LogP contribution in [0.4, 0.5) is 11.4 Å². The van der Waals surface area contributed by atoms with Gasteiger partial charge in [0.25, 0.3) is 13.2 Å². The molecule has 0 heterocycles. The van der Waals surface area contributed by atoms with Crippen molar-refractivity contribution in [3.8, 4) is 6.07 Å². The summed E-state index contributed by atoms with van der Waals surface area (Å²) in [5.41, 5.74) is 0.120. The monoisotopic (exact) mass is 235 g/mol. The maximum Gasteiger partial charge on any atom is 0.345 e. The van der Waals surface area contributed by atoms with Crippen molar-refractivity contribution in [1.82, 2.24) is 0 Å². The molecule has 1 atom stereocenters. The minimum atomic E-state index is -1.53. The molecule has 8 heteroatoms. The number of benzene rings is 1. The SMILES string of the molecule is [2H]OC(=O)C(C#N)N=Nc1ccc([N+](=O)[O-])cc1.